The minimum absolute atomic E-state index is 0.982. The predicted octanol–water partition coefficient (Wildman–Crippen LogP) is 6.07. The quantitative estimate of drug-likeness (QED) is 0.326. The Morgan fingerprint density at radius 3 is 1.39 bits per heavy atom. The molecule has 0 amide bonds. The van der Waals surface area contributed by atoms with E-state index in [2.05, 4.69) is 22.4 Å². The Bertz CT molecular complexity index is 117. The zero-order valence-electron chi connectivity index (χ0n) is 13.1. The summed E-state index contributed by atoms with van der Waals surface area (Å²) in [7, 11) is 6.98. The molecule has 1 unspecified atom stereocenters. The zero-order chi connectivity index (χ0) is 14.1. The van der Waals surface area contributed by atoms with E-state index in [9.17, 15) is 0 Å². The van der Waals surface area contributed by atoms with Crippen molar-refractivity contribution in [2.75, 3.05) is 27.3 Å². The predicted molar refractivity (Wildman–Crippen MR) is 93.6 cm³/mol. The summed E-state index contributed by atoms with van der Waals surface area (Å²) >= 11 is 3.50. The van der Waals surface area contributed by atoms with Crippen molar-refractivity contribution >= 4 is 22.8 Å². The number of unbranched alkanes of at least 4 members (excludes halogenated alkanes) is 9. The molecule has 0 spiro atoms. The number of rotatable bonds is 11. The molecule has 0 rings (SSSR count). The Hall–Kier alpha value is 0.870. The fourth-order valence-electron chi connectivity index (χ4n) is 1.68. The van der Waals surface area contributed by atoms with E-state index < -0.39 is 0 Å². The second-order valence-electron chi connectivity index (χ2n) is 5.41. The van der Waals surface area contributed by atoms with Crippen LogP contribution in [0.5, 0.6) is 0 Å². The van der Waals surface area contributed by atoms with Crippen molar-refractivity contribution in [3.63, 3.8) is 0 Å². The molecule has 0 aromatic carbocycles. The highest BCUT2D eigenvalue weighted by Gasteiger charge is 1.91. The molecule has 0 aromatic heterocycles. The first-order valence-electron chi connectivity index (χ1n) is 7.59. The molecule has 1 nitrogen and oxygen atoms in total. The van der Waals surface area contributed by atoms with Gasteiger partial charge in [0.1, 0.15) is 0 Å². The van der Waals surface area contributed by atoms with Gasteiger partial charge in [0, 0.05) is 0 Å². The van der Waals surface area contributed by atoms with Crippen LogP contribution < -0.4 is 0 Å². The van der Waals surface area contributed by atoms with Gasteiger partial charge in [0.25, 0.3) is 0 Å². The van der Waals surface area contributed by atoms with Crippen LogP contribution in [0.1, 0.15) is 71.1 Å². The molecule has 0 bridgehead atoms. The van der Waals surface area contributed by atoms with Gasteiger partial charge < -0.3 is 4.90 Å². The van der Waals surface area contributed by atoms with Crippen molar-refractivity contribution in [1.29, 1.82) is 0 Å². The van der Waals surface area contributed by atoms with Crippen LogP contribution in [0.15, 0.2) is 0 Å². The van der Waals surface area contributed by atoms with Gasteiger partial charge in [-0.3, -0.25) is 0 Å². The number of hydrogen-bond acceptors (Lipinski definition) is 1. The highest BCUT2D eigenvalue weighted by molar-refractivity contribution is 9.36. The molecule has 112 valence electrons. The summed E-state index contributed by atoms with van der Waals surface area (Å²) in [4.78, 5) is 2.00. The molecule has 0 fully saturated rings. The lowest BCUT2D eigenvalue weighted by Gasteiger charge is -2.01. The maximum Gasteiger partial charge on any atom is -0.0140 e. The molecule has 0 aliphatic heterocycles. The van der Waals surface area contributed by atoms with Gasteiger partial charge in [-0.25, -0.2) is 0 Å². The molecule has 0 radical (unpaired) electrons. The van der Waals surface area contributed by atoms with E-state index in [-0.39, 0.29) is 0 Å². The van der Waals surface area contributed by atoms with Crippen LogP contribution >= 0.6 is 22.8 Å². The Kier molecular flexibility index (Phi) is 23.8. The molecule has 0 saturated carbocycles. The summed E-state index contributed by atoms with van der Waals surface area (Å²) in [6.07, 6.45) is 15.9. The highest BCUT2D eigenvalue weighted by Crippen LogP contribution is 2.21. The second kappa shape index (κ2) is 20.2. The van der Waals surface area contributed by atoms with Gasteiger partial charge in [-0.15, -0.1) is 0 Å². The molecule has 0 heterocycles. The Labute approximate surface area is 126 Å². The average molecular weight is 340 g/mol. The van der Waals surface area contributed by atoms with E-state index in [4.69, 9.17) is 0 Å². The molecular formula is C15H35BrNP. The first kappa shape index (κ1) is 21.2. The largest absolute Gasteiger partial charge is 0.312 e. The van der Waals surface area contributed by atoms with Crippen molar-refractivity contribution in [3.8, 4) is 0 Å². The molecular weight excluding hydrogens is 305 g/mol. The third-order valence-corrected chi connectivity index (χ3v) is 4.36. The summed E-state index contributed by atoms with van der Waals surface area (Å²) in [5.74, 6) is 0. The molecule has 0 saturated heterocycles. The molecule has 0 N–H and O–H groups in total. The van der Waals surface area contributed by atoms with Crippen molar-refractivity contribution in [2.24, 2.45) is 0 Å². The normalized spacial score (nSPS) is 11.0. The Balaban J connectivity index is 0. The first-order valence-corrected chi connectivity index (χ1v) is 11.1. The summed E-state index contributed by atoms with van der Waals surface area (Å²) in [5, 5.41) is 0. The third kappa shape index (κ3) is 30.2. The standard InChI is InChI=1S/C12H26BrP.C3H9N/c1-2-3-4-5-6-7-8-9-10-11-12-14-13;1-4(2)3/h14H,2-12H2,1H3;1-3H3. The monoisotopic (exact) mass is 339 g/mol. The van der Waals surface area contributed by atoms with Crippen molar-refractivity contribution in [1.82, 2.24) is 4.90 Å². The van der Waals surface area contributed by atoms with E-state index in [1.807, 2.05) is 26.0 Å². The highest BCUT2D eigenvalue weighted by atomic mass is 79.9. The number of nitrogens with zero attached hydrogens (tertiary/aromatic N) is 1. The van der Waals surface area contributed by atoms with E-state index in [1.54, 1.807) is 0 Å². The van der Waals surface area contributed by atoms with Crippen molar-refractivity contribution in [3.05, 3.63) is 0 Å². The molecule has 0 aliphatic carbocycles. The van der Waals surface area contributed by atoms with Gasteiger partial charge in [-0.1, -0.05) is 87.5 Å². The van der Waals surface area contributed by atoms with Crippen LogP contribution in [0.3, 0.4) is 0 Å². The SMILES string of the molecule is CCCCCCCCCCCCPBr.CN(C)C. The van der Waals surface area contributed by atoms with Crippen LogP contribution in [0.25, 0.3) is 0 Å². The lowest BCUT2D eigenvalue weighted by Crippen LogP contribution is -1.99. The second-order valence-corrected chi connectivity index (χ2v) is 7.86. The van der Waals surface area contributed by atoms with Crippen LogP contribution in [-0.4, -0.2) is 32.2 Å². The topological polar surface area (TPSA) is 3.24 Å². The fraction of sp³-hybridized carbons (Fsp3) is 1.00. The third-order valence-electron chi connectivity index (χ3n) is 2.62. The van der Waals surface area contributed by atoms with Crippen LogP contribution in [-0.2, 0) is 0 Å². The van der Waals surface area contributed by atoms with Gasteiger partial charge >= 0.3 is 0 Å². The molecule has 3 heteroatoms. The molecule has 1 atom stereocenters. The fourth-order valence-corrected chi connectivity index (χ4v) is 2.90. The maximum absolute atomic E-state index is 3.50. The van der Waals surface area contributed by atoms with Gasteiger partial charge in [0.2, 0.25) is 0 Å². The van der Waals surface area contributed by atoms with Gasteiger partial charge in [0.05, 0.1) is 0 Å². The summed E-state index contributed by atoms with van der Waals surface area (Å²) < 4.78 is 0. The van der Waals surface area contributed by atoms with Crippen LogP contribution in [0.2, 0.25) is 0 Å². The molecule has 0 aliphatic rings. The van der Waals surface area contributed by atoms with Gasteiger partial charge in [-0.05, 0) is 33.7 Å². The lowest BCUT2D eigenvalue weighted by atomic mass is 10.1. The minimum atomic E-state index is 0.982. The van der Waals surface area contributed by atoms with E-state index in [0.29, 0.717) is 0 Å². The van der Waals surface area contributed by atoms with E-state index >= 15 is 0 Å². The first-order chi connectivity index (χ1) is 8.65. The Morgan fingerprint density at radius 1 is 0.722 bits per heavy atom. The van der Waals surface area contributed by atoms with Gasteiger partial charge in [0.15, 0.2) is 0 Å². The van der Waals surface area contributed by atoms with Crippen LogP contribution in [0, 0.1) is 0 Å². The smallest absolute Gasteiger partial charge is 0.0140 e. The maximum atomic E-state index is 3.50. The van der Waals surface area contributed by atoms with E-state index in [0.717, 1.165) is 7.28 Å². The average Bonchev–Trinajstić information content (AvgIpc) is 2.31. The minimum Gasteiger partial charge on any atom is -0.312 e. The number of hydrogen-bond donors (Lipinski definition) is 0. The summed E-state index contributed by atoms with van der Waals surface area (Å²) in [6.45, 7) is 2.28. The van der Waals surface area contributed by atoms with Crippen molar-refractivity contribution in [2.45, 2.75) is 71.1 Å². The molecule has 18 heavy (non-hydrogen) atoms. The zero-order valence-corrected chi connectivity index (χ0v) is 15.7. The summed E-state index contributed by atoms with van der Waals surface area (Å²) in [5.41, 5.74) is 0. The lowest BCUT2D eigenvalue weighted by molar-refractivity contribution is 0.505. The van der Waals surface area contributed by atoms with Crippen molar-refractivity contribution < 1.29 is 0 Å². The Morgan fingerprint density at radius 2 is 1.06 bits per heavy atom. The van der Waals surface area contributed by atoms with Crippen LogP contribution in [0.4, 0.5) is 0 Å². The van der Waals surface area contributed by atoms with E-state index in [1.165, 1.54) is 70.4 Å². The molecule has 0 aromatic rings. The summed E-state index contributed by atoms with van der Waals surface area (Å²) in [6, 6.07) is 0. The number of halogens is 1. The van der Waals surface area contributed by atoms with Gasteiger partial charge in [-0.2, -0.15) is 0 Å².